The van der Waals surface area contributed by atoms with E-state index in [9.17, 15) is 27.5 Å². The summed E-state index contributed by atoms with van der Waals surface area (Å²) in [5, 5.41) is 13.1. The predicted molar refractivity (Wildman–Crippen MR) is 164 cm³/mol. The number of fused-ring (bicyclic) bond motifs is 1. The lowest BCUT2D eigenvalue weighted by atomic mass is 10.1. The molecule has 1 saturated heterocycles. The maximum Gasteiger partial charge on any atom is 0.336 e. The van der Waals surface area contributed by atoms with Crippen molar-refractivity contribution in [3.05, 3.63) is 59.9 Å². The minimum atomic E-state index is -4.08. The average Bonchev–Trinajstić information content (AvgIpc) is 2.88. The average molecular weight is 653 g/mol. The Morgan fingerprint density at radius 2 is 1.73 bits per heavy atom. The Morgan fingerprint density at radius 3 is 2.37 bits per heavy atom. The SMILES string of the molecule is CCCCNC(=O)CN1CCN(c2cc(C(=O)O)c3cc(NS(=O)(=O)c4cccc(F)c4)ccc3n2)CC1.Cl.Cl.Cl. The van der Waals surface area contributed by atoms with E-state index in [2.05, 4.69) is 21.9 Å². The van der Waals surface area contributed by atoms with Gasteiger partial charge in [-0.15, -0.1) is 37.2 Å². The fourth-order valence-electron chi connectivity index (χ4n) is 4.26. The molecular weight excluding hydrogens is 620 g/mol. The quantitative estimate of drug-likeness (QED) is 0.278. The highest BCUT2D eigenvalue weighted by molar-refractivity contribution is 7.92. The number of aromatic carboxylic acids is 1. The molecule has 226 valence electrons. The van der Waals surface area contributed by atoms with E-state index in [1.807, 2.05) is 9.80 Å². The van der Waals surface area contributed by atoms with Crippen molar-refractivity contribution in [2.45, 2.75) is 24.7 Å². The number of pyridine rings is 1. The van der Waals surface area contributed by atoms with Gasteiger partial charge in [0.15, 0.2) is 0 Å². The second kappa shape index (κ2) is 15.9. The Balaban J connectivity index is 0.00000280. The molecule has 1 fully saturated rings. The number of carboxylic acids is 1. The molecule has 0 spiro atoms. The van der Waals surface area contributed by atoms with Crippen LogP contribution in [0.2, 0.25) is 0 Å². The van der Waals surface area contributed by atoms with Gasteiger partial charge in [0.1, 0.15) is 11.6 Å². The molecule has 0 radical (unpaired) electrons. The van der Waals surface area contributed by atoms with Gasteiger partial charge in [-0.2, -0.15) is 0 Å². The first kappa shape index (κ1) is 36.1. The van der Waals surface area contributed by atoms with Crippen molar-refractivity contribution in [3.8, 4) is 0 Å². The summed E-state index contributed by atoms with van der Waals surface area (Å²) in [6, 6.07) is 10.5. The van der Waals surface area contributed by atoms with Gasteiger partial charge in [-0.05, 0) is 48.9 Å². The van der Waals surface area contributed by atoms with Gasteiger partial charge >= 0.3 is 5.97 Å². The smallest absolute Gasteiger partial charge is 0.336 e. The molecule has 0 atom stereocenters. The standard InChI is InChI=1S/C26H30FN5O5S.3ClH/c1-2-3-9-28-25(33)17-31-10-12-32(13-11-31)24-16-22(26(34)35)21-15-19(7-8-23(21)29-24)30-38(36,37)20-6-4-5-18(27)14-20;;;/h4-8,14-16,30H,2-3,9-13,17H2,1H3,(H,28,33)(H,34,35);3*1H. The van der Waals surface area contributed by atoms with Crippen LogP contribution in [0.25, 0.3) is 10.9 Å². The molecule has 1 amide bonds. The van der Waals surface area contributed by atoms with Gasteiger partial charge in [-0.1, -0.05) is 19.4 Å². The number of amides is 1. The number of unbranched alkanes of at least 4 members (excludes halogenated alkanes) is 1. The molecule has 3 aromatic rings. The van der Waals surface area contributed by atoms with E-state index in [1.165, 1.54) is 30.3 Å². The van der Waals surface area contributed by atoms with Crippen molar-refractivity contribution in [1.82, 2.24) is 15.2 Å². The van der Waals surface area contributed by atoms with Crippen molar-refractivity contribution >= 4 is 81.5 Å². The van der Waals surface area contributed by atoms with Crippen LogP contribution in [0.3, 0.4) is 0 Å². The number of carboxylic acid groups (broad SMARTS) is 1. The number of piperazine rings is 1. The number of halogens is 4. The van der Waals surface area contributed by atoms with Gasteiger partial charge in [0.05, 0.1) is 22.5 Å². The number of hydrogen-bond acceptors (Lipinski definition) is 7. The lowest BCUT2D eigenvalue weighted by Crippen LogP contribution is -2.49. The first-order valence-corrected chi connectivity index (χ1v) is 13.8. The molecule has 2 heterocycles. The van der Waals surface area contributed by atoms with Crippen LogP contribution in [0, 0.1) is 5.82 Å². The minimum absolute atomic E-state index is 0. The summed E-state index contributed by atoms with van der Waals surface area (Å²) < 4.78 is 41.3. The van der Waals surface area contributed by atoms with Crippen molar-refractivity contribution in [1.29, 1.82) is 0 Å². The monoisotopic (exact) mass is 651 g/mol. The first-order chi connectivity index (χ1) is 18.2. The highest BCUT2D eigenvalue weighted by Gasteiger charge is 2.23. The van der Waals surface area contributed by atoms with Gasteiger partial charge in [-0.3, -0.25) is 14.4 Å². The number of anilines is 2. The van der Waals surface area contributed by atoms with E-state index >= 15 is 0 Å². The summed E-state index contributed by atoms with van der Waals surface area (Å²) in [5.74, 6) is -1.37. The van der Waals surface area contributed by atoms with Crippen LogP contribution >= 0.6 is 37.2 Å². The summed E-state index contributed by atoms with van der Waals surface area (Å²) in [5.41, 5.74) is 0.505. The van der Waals surface area contributed by atoms with Crippen LogP contribution in [0.15, 0.2) is 53.4 Å². The van der Waals surface area contributed by atoms with Gasteiger partial charge in [-0.25, -0.2) is 22.6 Å². The second-order valence-electron chi connectivity index (χ2n) is 9.09. The number of hydrogen-bond donors (Lipinski definition) is 3. The number of sulfonamides is 1. The van der Waals surface area contributed by atoms with Gasteiger partial charge < -0.3 is 15.3 Å². The number of carbonyl (C=O) groups excluding carboxylic acids is 1. The van der Waals surface area contributed by atoms with E-state index in [0.717, 1.165) is 25.0 Å². The van der Waals surface area contributed by atoms with Crippen LogP contribution in [0.4, 0.5) is 15.9 Å². The molecule has 0 saturated carbocycles. The number of benzene rings is 2. The van der Waals surface area contributed by atoms with Crippen LogP contribution in [0.1, 0.15) is 30.1 Å². The molecule has 1 aliphatic rings. The fourth-order valence-corrected chi connectivity index (χ4v) is 5.34. The summed E-state index contributed by atoms with van der Waals surface area (Å²) in [6.07, 6.45) is 1.96. The molecule has 4 rings (SSSR count). The molecule has 0 aliphatic carbocycles. The molecule has 0 bridgehead atoms. The number of nitrogens with zero attached hydrogens (tertiary/aromatic N) is 3. The maximum atomic E-state index is 13.5. The number of carbonyl (C=O) groups is 2. The molecule has 41 heavy (non-hydrogen) atoms. The van der Waals surface area contributed by atoms with Crippen molar-refractivity contribution in [2.75, 3.05) is 48.9 Å². The van der Waals surface area contributed by atoms with Gasteiger partial charge in [0.2, 0.25) is 5.91 Å². The van der Waals surface area contributed by atoms with E-state index in [4.69, 9.17) is 0 Å². The Kier molecular flexibility index (Phi) is 14.0. The topological polar surface area (TPSA) is 132 Å². The summed E-state index contributed by atoms with van der Waals surface area (Å²) in [4.78, 5) is 32.6. The lowest BCUT2D eigenvalue weighted by Gasteiger charge is -2.35. The molecular formula is C26H33Cl3FN5O5S. The zero-order valence-electron chi connectivity index (χ0n) is 22.2. The third-order valence-corrected chi connectivity index (χ3v) is 7.68. The number of aromatic nitrogens is 1. The molecule has 1 aliphatic heterocycles. The van der Waals surface area contributed by atoms with Crippen LogP contribution < -0.4 is 14.9 Å². The zero-order chi connectivity index (χ0) is 27.3. The lowest BCUT2D eigenvalue weighted by molar-refractivity contribution is -0.122. The zero-order valence-corrected chi connectivity index (χ0v) is 25.5. The maximum absolute atomic E-state index is 13.5. The minimum Gasteiger partial charge on any atom is -0.478 e. The Labute approximate surface area is 257 Å². The second-order valence-corrected chi connectivity index (χ2v) is 10.8. The normalized spacial score (nSPS) is 13.4. The first-order valence-electron chi connectivity index (χ1n) is 12.4. The summed E-state index contributed by atoms with van der Waals surface area (Å²) >= 11 is 0. The molecule has 0 unspecified atom stereocenters. The molecule has 1 aromatic heterocycles. The predicted octanol–water partition coefficient (Wildman–Crippen LogP) is 4.18. The third-order valence-electron chi connectivity index (χ3n) is 6.30. The van der Waals surface area contributed by atoms with E-state index in [0.29, 0.717) is 50.6 Å². The Morgan fingerprint density at radius 1 is 1.02 bits per heavy atom. The molecule has 15 heteroatoms. The summed E-state index contributed by atoms with van der Waals surface area (Å²) in [7, 11) is -4.08. The molecule has 2 aromatic carbocycles. The van der Waals surface area contributed by atoms with Crippen LogP contribution in [-0.4, -0.2) is 74.6 Å². The van der Waals surface area contributed by atoms with Crippen molar-refractivity contribution in [3.63, 3.8) is 0 Å². The highest BCUT2D eigenvalue weighted by Crippen LogP contribution is 2.28. The molecule has 10 nitrogen and oxygen atoms in total. The highest BCUT2D eigenvalue weighted by atomic mass is 35.5. The number of rotatable bonds is 10. The Bertz CT molecular complexity index is 1460. The third kappa shape index (κ3) is 9.30. The van der Waals surface area contributed by atoms with Crippen molar-refractivity contribution < 1.29 is 27.5 Å². The van der Waals surface area contributed by atoms with Gasteiger partial charge in [0, 0.05) is 43.8 Å². The van der Waals surface area contributed by atoms with E-state index < -0.39 is 21.8 Å². The fraction of sp³-hybridized carbons (Fsp3) is 0.346. The van der Waals surface area contributed by atoms with E-state index in [-0.39, 0.29) is 64.7 Å². The van der Waals surface area contributed by atoms with E-state index in [1.54, 1.807) is 6.07 Å². The van der Waals surface area contributed by atoms with Crippen LogP contribution in [-0.2, 0) is 14.8 Å². The van der Waals surface area contributed by atoms with Gasteiger partial charge in [0.25, 0.3) is 10.0 Å². The number of nitrogens with one attached hydrogen (secondary N) is 2. The summed E-state index contributed by atoms with van der Waals surface area (Å²) in [6.45, 7) is 5.46. The largest absolute Gasteiger partial charge is 0.478 e. The Hall–Kier alpha value is -2.90. The van der Waals surface area contributed by atoms with Crippen LogP contribution in [0.5, 0.6) is 0 Å². The van der Waals surface area contributed by atoms with Crippen molar-refractivity contribution in [2.24, 2.45) is 0 Å². The molecule has 3 N–H and O–H groups in total.